The Hall–Kier alpha value is -2.90. The van der Waals surface area contributed by atoms with E-state index in [1.54, 1.807) is 42.7 Å². The molecule has 47 heavy (non-hydrogen) atoms. The Bertz CT molecular complexity index is 1480. The standard InChI is InChI=1S/C15H14N2OS.C8H14O3.C7H11NO2S2.5CH4/c1-10(2)18-15-14(13-8-5-9-19-13)16-11-6-3-4-7-12(11)17-15;1-6(2)8(9)11-7-3-4-10-5-7;1-6(2)8-12(9,10)7-4-3-5-11-7;;;;;/h3-10H,1-2H3;6-7H,3-5H2,1-2H3;3-6,8H,1-2H3;5*1H4/t;7-;;;;;;/m.0....../s1. The SMILES string of the molecule is C.C.C.C.C.CC(C)C(=O)O[C@H]1CCOC1.CC(C)NS(=O)(=O)c1cccs1.CC(C)Oc1nc2ccccc2nc1-c1cccs1. The third-order valence-corrected chi connectivity index (χ3v) is 9.37. The van der Waals surface area contributed by atoms with Crippen LogP contribution in [0, 0.1) is 5.92 Å². The average Bonchev–Trinajstić information content (AvgIpc) is 3.72. The number of para-hydroxylation sites is 2. The number of benzene rings is 1. The smallest absolute Gasteiger partial charge is 0.308 e. The maximum absolute atomic E-state index is 11.4. The second-order valence-electron chi connectivity index (χ2n) is 10.3. The summed E-state index contributed by atoms with van der Waals surface area (Å²) in [4.78, 5) is 21.4. The fourth-order valence-electron chi connectivity index (χ4n) is 3.55. The van der Waals surface area contributed by atoms with E-state index in [-0.39, 0.29) is 67.3 Å². The van der Waals surface area contributed by atoms with Gasteiger partial charge >= 0.3 is 5.97 Å². The molecule has 1 aliphatic rings. The second kappa shape index (κ2) is 23.4. The summed E-state index contributed by atoms with van der Waals surface area (Å²) in [7, 11) is -3.25. The summed E-state index contributed by atoms with van der Waals surface area (Å²) in [6, 6.07) is 15.2. The van der Waals surface area contributed by atoms with Gasteiger partial charge < -0.3 is 14.2 Å². The van der Waals surface area contributed by atoms with Crippen molar-refractivity contribution in [1.29, 1.82) is 0 Å². The third-order valence-electron chi connectivity index (χ3n) is 5.43. The second-order valence-corrected chi connectivity index (χ2v) is 14.1. The van der Waals surface area contributed by atoms with Crippen molar-refractivity contribution >= 4 is 49.7 Å². The van der Waals surface area contributed by atoms with Crippen molar-refractivity contribution in [3.63, 3.8) is 0 Å². The number of carbonyl (C=O) groups excluding carboxylic acids is 1. The molecule has 12 heteroatoms. The Morgan fingerprint density at radius 1 is 0.872 bits per heavy atom. The molecule has 9 nitrogen and oxygen atoms in total. The number of thiophene rings is 2. The number of aromatic nitrogens is 2. The van der Waals surface area contributed by atoms with Gasteiger partial charge in [-0.15, -0.1) is 22.7 Å². The summed E-state index contributed by atoms with van der Waals surface area (Å²) in [6.07, 6.45) is 0.928. The number of carbonyl (C=O) groups is 1. The van der Waals surface area contributed by atoms with Crippen LogP contribution in [-0.4, -0.2) is 55.8 Å². The van der Waals surface area contributed by atoms with Gasteiger partial charge in [0.1, 0.15) is 16.0 Å². The molecule has 1 N–H and O–H groups in total. The Kier molecular flexibility index (Phi) is 24.2. The van der Waals surface area contributed by atoms with Crippen molar-refractivity contribution in [2.24, 2.45) is 5.92 Å². The summed E-state index contributed by atoms with van der Waals surface area (Å²) in [5, 5.41) is 3.78. The zero-order chi connectivity index (χ0) is 30.7. The molecule has 4 aromatic rings. The highest BCUT2D eigenvalue weighted by atomic mass is 32.2. The van der Waals surface area contributed by atoms with Crippen molar-refractivity contribution < 1.29 is 27.4 Å². The third kappa shape index (κ3) is 15.7. The van der Waals surface area contributed by atoms with Crippen LogP contribution < -0.4 is 9.46 Å². The quantitative estimate of drug-likeness (QED) is 0.179. The molecule has 3 aromatic heterocycles. The Morgan fingerprint density at radius 2 is 1.47 bits per heavy atom. The van der Waals surface area contributed by atoms with E-state index in [1.807, 2.05) is 69.5 Å². The van der Waals surface area contributed by atoms with E-state index in [9.17, 15) is 13.2 Å². The van der Waals surface area contributed by atoms with E-state index in [4.69, 9.17) is 19.2 Å². The fourth-order valence-corrected chi connectivity index (χ4v) is 6.52. The lowest BCUT2D eigenvalue weighted by molar-refractivity contribution is -0.152. The van der Waals surface area contributed by atoms with Crippen LogP contribution in [0.4, 0.5) is 0 Å². The van der Waals surface area contributed by atoms with Crippen LogP contribution in [0.15, 0.2) is 63.5 Å². The zero-order valence-corrected chi connectivity index (χ0v) is 27.2. The number of hydrogen-bond donors (Lipinski definition) is 1. The highest BCUT2D eigenvalue weighted by Crippen LogP contribution is 2.32. The molecule has 268 valence electrons. The Labute approximate surface area is 293 Å². The van der Waals surface area contributed by atoms with Gasteiger partial charge in [-0.25, -0.2) is 23.1 Å². The van der Waals surface area contributed by atoms with Crippen LogP contribution in [0.5, 0.6) is 5.88 Å². The van der Waals surface area contributed by atoms with Gasteiger partial charge in [0.15, 0.2) is 0 Å². The van der Waals surface area contributed by atoms with Gasteiger partial charge in [0, 0.05) is 12.5 Å². The minimum Gasteiger partial charge on any atom is -0.473 e. The van der Waals surface area contributed by atoms with Crippen LogP contribution in [0.3, 0.4) is 0 Å². The minimum absolute atomic E-state index is 0. The highest BCUT2D eigenvalue weighted by Gasteiger charge is 2.21. The maximum atomic E-state index is 11.4. The van der Waals surface area contributed by atoms with Crippen LogP contribution in [-0.2, 0) is 24.3 Å². The number of fused-ring (bicyclic) bond motifs is 1. The molecule has 0 amide bonds. The molecule has 0 bridgehead atoms. The van der Waals surface area contributed by atoms with Gasteiger partial charge in [-0.3, -0.25) is 4.79 Å². The van der Waals surface area contributed by atoms with E-state index in [0.29, 0.717) is 16.7 Å². The van der Waals surface area contributed by atoms with Crippen molar-refractivity contribution in [2.75, 3.05) is 13.2 Å². The molecule has 0 radical (unpaired) electrons. The lowest BCUT2D eigenvalue weighted by Gasteiger charge is -2.12. The van der Waals surface area contributed by atoms with Crippen LogP contribution in [0.2, 0.25) is 0 Å². The summed E-state index contributed by atoms with van der Waals surface area (Å²) in [5.41, 5.74) is 2.57. The van der Waals surface area contributed by atoms with E-state index in [1.165, 1.54) is 11.3 Å². The van der Waals surface area contributed by atoms with Crippen molar-refractivity contribution in [1.82, 2.24) is 14.7 Å². The van der Waals surface area contributed by atoms with E-state index >= 15 is 0 Å². The van der Waals surface area contributed by atoms with Gasteiger partial charge in [-0.1, -0.05) is 75.2 Å². The van der Waals surface area contributed by atoms with Crippen LogP contribution in [0.1, 0.15) is 85.1 Å². The molecule has 5 rings (SSSR count). The lowest BCUT2D eigenvalue weighted by atomic mass is 10.2. The first kappa shape index (κ1) is 48.5. The largest absolute Gasteiger partial charge is 0.473 e. The van der Waals surface area contributed by atoms with Crippen LogP contribution in [0.25, 0.3) is 21.6 Å². The molecule has 4 heterocycles. The Morgan fingerprint density at radius 3 is 1.94 bits per heavy atom. The first-order valence-electron chi connectivity index (χ1n) is 13.8. The first-order valence-corrected chi connectivity index (χ1v) is 17.0. The molecule has 0 aliphatic carbocycles. The van der Waals surface area contributed by atoms with E-state index < -0.39 is 10.0 Å². The van der Waals surface area contributed by atoms with Gasteiger partial charge in [-0.2, -0.15) is 0 Å². The number of rotatable bonds is 8. The molecule has 0 spiro atoms. The molecular formula is C35H59N3O6S3. The zero-order valence-electron chi connectivity index (χ0n) is 24.8. The first-order chi connectivity index (χ1) is 20.0. The molecule has 0 unspecified atom stereocenters. The number of sulfonamides is 1. The number of nitrogens with zero attached hydrogens (tertiary/aromatic N) is 2. The molecule has 1 saturated heterocycles. The number of esters is 1. The summed E-state index contributed by atoms with van der Waals surface area (Å²) >= 11 is 2.86. The molecule has 1 fully saturated rings. The summed E-state index contributed by atoms with van der Waals surface area (Å²) < 4.78 is 41.7. The number of ether oxygens (including phenoxy) is 3. The summed E-state index contributed by atoms with van der Waals surface area (Å²) in [6.45, 7) is 12.5. The van der Waals surface area contributed by atoms with Crippen LogP contribution >= 0.6 is 22.7 Å². The van der Waals surface area contributed by atoms with E-state index in [2.05, 4.69) is 9.71 Å². The van der Waals surface area contributed by atoms with Crippen molar-refractivity contribution in [3.05, 3.63) is 59.3 Å². The van der Waals surface area contributed by atoms with Gasteiger partial charge in [0.05, 0.1) is 41.1 Å². The van der Waals surface area contributed by atoms with E-state index in [0.717, 1.165) is 34.6 Å². The average molecular weight is 714 g/mol. The monoisotopic (exact) mass is 713 g/mol. The molecular weight excluding hydrogens is 655 g/mol. The topological polar surface area (TPSA) is 117 Å². The van der Waals surface area contributed by atoms with Gasteiger partial charge in [-0.05, 0) is 62.7 Å². The predicted octanol–water partition coefficient (Wildman–Crippen LogP) is 9.74. The Balaban J connectivity index is -0.000000615. The molecule has 1 aromatic carbocycles. The highest BCUT2D eigenvalue weighted by molar-refractivity contribution is 7.91. The predicted molar refractivity (Wildman–Crippen MR) is 202 cm³/mol. The molecule has 0 saturated carbocycles. The van der Waals surface area contributed by atoms with Crippen molar-refractivity contribution in [3.8, 4) is 16.5 Å². The molecule has 1 aliphatic heterocycles. The fraction of sp³-hybridized carbons (Fsp3) is 0.514. The van der Waals surface area contributed by atoms with Gasteiger partial charge in [0.25, 0.3) is 0 Å². The number of nitrogens with one attached hydrogen (secondary N) is 1. The molecule has 1 atom stereocenters. The van der Waals surface area contributed by atoms with Gasteiger partial charge in [0.2, 0.25) is 15.9 Å². The summed E-state index contributed by atoms with van der Waals surface area (Å²) in [5.74, 6) is 0.451. The maximum Gasteiger partial charge on any atom is 0.308 e. The number of hydrogen-bond acceptors (Lipinski definition) is 10. The van der Waals surface area contributed by atoms with Crippen molar-refractivity contribution in [2.45, 2.75) is 108 Å². The normalized spacial score (nSPS) is 13.3. The minimum atomic E-state index is -3.25. The lowest BCUT2D eigenvalue weighted by Crippen LogP contribution is -2.29.